The van der Waals surface area contributed by atoms with Crippen LogP contribution in [-0.2, 0) is 20.7 Å². The van der Waals surface area contributed by atoms with Crippen LogP contribution in [0.1, 0.15) is 50.5 Å². The van der Waals surface area contributed by atoms with E-state index >= 15 is 0 Å². The van der Waals surface area contributed by atoms with Gasteiger partial charge in [-0.05, 0) is 94.1 Å². The molecule has 0 amide bonds. The monoisotopic (exact) mass is 612 g/mol. The van der Waals surface area contributed by atoms with Gasteiger partial charge >= 0.3 is 5.97 Å². The summed E-state index contributed by atoms with van der Waals surface area (Å²) in [5, 5.41) is 1.50. The van der Waals surface area contributed by atoms with E-state index in [2.05, 4.69) is 16.0 Å². The van der Waals surface area contributed by atoms with E-state index in [0.717, 1.165) is 67.5 Å². The lowest BCUT2D eigenvalue weighted by Crippen LogP contribution is -2.29. The number of hydrogen-bond acceptors (Lipinski definition) is 8. The molecule has 0 aliphatic carbocycles. The number of halogens is 1. The minimum Gasteiger partial charge on any atom is -0.464 e. The van der Waals surface area contributed by atoms with Crippen molar-refractivity contribution in [3.8, 4) is 21.7 Å². The zero-order valence-electron chi connectivity index (χ0n) is 24.8. The highest BCUT2D eigenvalue weighted by Gasteiger charge is 2.33. The fourth-order valence-corrected chi connectivity index (χ4v) is 6.78. The molecule has 0 saturated carbocycles. The van der Waals surface area contributed by atoms with Gasteiger partial charge in [0.05, 0.1) is 22.4 Å². The summed E-state index contributed by atoms with van der Waals surface area (Å²) in [7, 11) is 0. The lowest BCUT2D eigenvalue weighted by Gasteiger charge is -2.29. The van der Waals surface area contributed by atoms with Crippen LogP contribution in [0.3, 0.4) is 0 Å². The Labute approximate surface area is 260 Å². The summed E-state index contributed by atoms with van der Waals surface area (Å²) in [6, 6.07) is 15.8. The Kier molecular flexibility index (Phi) is 7.94. The number of ether oxygens (including phenoxy) is 2. The summed E-state index contributed by atoms with van der Waals surface area (Å²) in [5.41, 5.74) is 7.08. The summed E-state index contributed by atoms with van der Waals surface area (Å²) < 4.78 is 12.9. The average molecular weight is 613 g/mol. The fourth-order valence-electron chi connectivity index (χ4n) is 5.54. The normalized spacial score (nSPS) is 13.8. The van der Waals surface area contributed by atoms with Crippen LogP contribution in [0.5, 0.6) is 0 Å². The Morgan fingerprint density at radius 2 is 1.88 bits per heavy atom. The predicted molar refractivity (Wildman–Crippen MR) is 173 cm³/mol. The van der Waals surface area contributed by atoms with Crippen molar-refractivity contribution in [2.24, 2.45) is 0 Å². The van der Waals surface area contributed by atoms with Crippen molar-refractivity contribution in [2.45, 2.75) is 52.7 Å². The first-order chi connectivity index (χ1) is 20.6. The van der Waals surface area contributed by atoms with Gasteiger partial charge in [0, 0.05) is 52.5 Å². The van der Waals surface area contributed by atoms with Crippen molar-refractivity contribution >= 4 is 50.6 Å². The minimum atomic E-state index is -0.919. The molecule has 1 aliphatic rings. The van der Waals surface area contributed by atoms with E-state index in [-0.39, 0.29) is 6.61 Å². The van der Waals surface area contributed by atoms with E-state index < -0.39 is 17.7 Å². The molecule has 3 aromatic heterocycles. The quantitative estimate of drug-likeness (QED) is 0.171. The molecule has 0 bridgehead atoms. The number of anilines is 2. The Balaban J connectivity index is 1.52. The molecule has 1 atom stereocenters. The minimum absolute atomic E-state index is 0.257. The average Bonchev–Trinajstić information content (AvgIpc) is 3.60. The van der Waals surface area contributed by atoms with E-state index in [9.17, 15) is 4.79 Å². The van der Waals surface area contributed by atoms with Gasteiger partial charge in [-0.15, -0.1) is 11.3 Å². The van der Waals surface area contributed by atoms with E-state index in [1.165, 1.54) is 5.56 Å². The predicted octanol–water partition coefficient (Wildman–Crippen LogP) is 8.50. The third-order valence-electron chi connectivity index (χ3n) is 7.34. The molecule has 0 fully saturated rings. The highest BCUT2D eigenvalue weighted by atomic mass is 35.5. The number of aryl methyl sites for hydroxylation is 1. The maximum atomic E-state index is 13.4. The Morgan fingerprint density at radius 3 is 2.63 bits per heavy atom. The first kappa shape index (κ1) is 29.2. The van der Waals surface area contributed by atoms with Crippen molar-refractivity contribution in [1.29, 1.82) is 0 Å². The molecule has 9 heteroatoms. The summed E-state index contributed by atoms with van der Waals surface area (Å²) in [5.74, 6) is 0.456. The Hall–Kier alpha value is -3.85. The lowest BCUT2D eigenvalue weighted by molar-refractivity contribution is -0.166. The molecule has 0 radical (unpaired) electrons. The molecule has 6 rings (SSSR count). The van der Waals surface area contributed by atoms with Crippen LogP contribution in [0, 0.1) is 6.92 Å². The lowest BCUT2D eigenvalue weighted by atomic mass is 9.91. The number of esters is 1. The summed E-state index contributed by atoms with van der Waals surface area (Å²) in [6.07, 6.45) is 5.59. The van der Waals surface area contributed by atoms with E-state index in [0.29, 0.717) is 5.02 Å². The second-order valence-corrected chi connectivity index (χ2v) is 13.0. The van der Waals surface area contributed by atoms with Crippen LogP contribution in [0.4, 0.5) is 11.5 Å². The van der Waals surface area contributed by atoms with Crippen LogP contribution in [-0.4, -0.2) is 39.7 Å². The van der Waals surface area contributed by atoms with Crippen molar-refractivity contribution in [1.82, 2.24) is 15.0 Å². The highest BCUT2D eigenvalue weighted by Crippen LogP contribution is 2.45. The van der Waals surface area contributed by atoms with Gasteiger partial charge < -0.3 is 14.4 Å². The van der Waals surface area contributed by atoms with E-state index in [1.54, 1.807) is 18.3 Å². The van der Waals surface area contributed by atoms with Crippen molar-refractivity contribution in [3.63, 3.8) is 0 Å². The molecule has 220 valence electrons. The molecule has 43 heavy (non-hydrogen) atoms. The highest BCUT2D eigenvalue weighted by molar-refractivity contribution is 7.22. The maximum absolute atomic E-state index is 13.4. The first-order valence-electron chi connectivity index (χ1n) is 14.3. The third kappa shape index (κ3) is 5.87. The van der Waals surface area contributed by atoms with Crippen LogP contribution in [0.15, 0.2) is 67.1 Å². The molecule has 0 unspecified atom stereocenters. The zero-order valence-corrected chi connectivity index (χ0v) is 26.4. The fraction of sp³-hybridized carbons (Fsp3) is 0.294. The standard InChI is InChI=1S/C34H33ClN4O3S/c1-6-41-33(40)30(42-34(3,4)5)28-20(2)17-25-31(29(28)21-7-9-24(35)10-8-21)43-32(38-25)22-11-15-37-27(18-22)39-16-13-23-19-36-14-12-26(23)39/h7-12,14-15,17-19,30H,6,13,16H2,1-5H3/t30-/m0/s1. The zero-order chi connectivity index (χ0) is 30.3. The molecular formula is C34H33ClN4O3S. The molecule has 0 saturated heterocycles. The van der Waals surface area contributed by atoms with Crippen molar-refractivity contribution < 1.29 is 14.3 Å². The Morgan fingerprint density at radius 1 is 1.09 bits per heavy atom. The molecule has 7 nitrogen and oxygen atoms in total. The number of nitrogens with zero attached hydrogens (tertiary/aromatic N) is 4. The summed E-state index contributed by atoms with van der Waals surface area (Å²) in [4.78, 5) is 29.7. The molecule has 1 aliphatic heterocycles. The molecule has 2 aromatic carbocycles. The summed E-state index contributed by atoms with van der Waals surface area (Å²) >= 11 is 7.88. The van der Waals surface area contributed by atoms with E-state index in [1.807, 2.05) is 88.8 Å². The number of carbonyl (C=O) groups is 1. The van der Waals surface area contributed by atoms with Gasteiger partial charge in [-0.3, -0.25) is 4.98 Å². The van der Waals surface area contributed by atoms with Gasteiger partial charge in [0.2, 0.25) is 0 Å². The SMILES string of the molecule is CCOC(=O)[C@@H](OC(C)(C)C)c1c(C)cc2nc(-c3ccnc(N4CCc5cnccc54)c3)sc2c1-c1ccc(Cl)cc1. The van der Waals surface area contributed by atoms with Crippen LogP contribution < -0.4 is 4.90 Å². The maximum Gasteiger partial charge on any atom is 0.339 e. The largest absolute Gasteiger partial charge is 0.464 e. The molecule has 4 heterocycles. The number of benzene rings is 2. The van der Waals surface area contributed by atoms with Gasteiger partial charge in [-0.1, -0.05) is 23.7 Å². The van der Waals surface area contributed by atoms with Crippen LogP contribution >= 0.6 is 22.9 Å². The van der Waals surface area contributed by atoms with Gasteiger partial charge in [0.25, 0.3) is 0 Å². The molecular weight excluding hydrogens is 580 g/mol. The number of aromatic nitrogens is 3. The first-order valence-corrected chi connectivity index (χ1v) is 15.5. The molecule has 5 aromatic rings. The third-order valence-corrected chi connectivity index (χ3v) is 8.73. The summed E-state index contributed by atoms with van der Waals surface area (Å²) in [6.45, 7) is 10.7. The Bertz CT molecular complexity index is 1810. The number of fused-ring (bicyclic) bond motifs is 2. The number of rotatable bonds is 7. The molecule has 0 spiro atoms. The number of thiazole rings is 1. The van der Waals surface area contributed by atoms with Gasteiger partial charge in [-0.25, -0.2) is 14.8 Å². The van der Waals surface area contributed by atoms with E-state index in [4.69, 9.17) is 31.0 Å². The van der Waals surface area contributed by atoms with Gasteiger partial charge in [0.1, 0.15) is 10.8 Å². The smallest absolute Gasteiger partial charge is 0.339 e. The van der Waals surface area contributed by atoms with Crippen LogP contribution in [0.2, 0.25) is 5.02 Å². The topological polar surface area (TPSA) is 77.4 Å². The van der Waals surface area contributed by atoms with Crippen molar-refractivity contribution in [2.75, 3.05) is 18.1 Å². The van der Waals surface area contributed by atoms with Crippen LogP contribution in [0.25, 0.3) is 31.9 Å². The second-order valence-electron chi connectivity index (χ2n) is 11.5. The number of pyridine rings is 2. The second kappa shape index (κ2) is 11.7. The number of hydrogen-bond donors (Lipinski definition) is 0. The molecule has 0 N–H and O–H groups in total. The van der Waals surface area contributed by atoms with Gasteiger partial charge in [-0.2, -0.15) is 0 Å². The van der Waals surface area contributed by atoms with Gasteiger partial charge in [0.15, 0.2) is 6.10 Å². The van der Waals surface area contributed by atoms with Crippen molar-refractivity contribution in [3.05, 3.63) is 88.8 Å². The number of carbonyl (C=O) groups excluding carboxylic acids is 1.